The normalized spacial score (nSPS) is 22.5. The van der Waals surface area contributed by atoms with Crippen molar-refractivity contribution in [2.75, 3.05) is 18.0 Å². The molecule has 0 bridgehead atoms. The summed E-state index contributed by atoms with van der Waals surface area (Å²) < 4.78 is 5.75. The van der Waals surface area contributed by atoms with Crippen LogP contribution in [-0.4, -0.2) is 41.4 Å². The highest BCUT2D eigenvalue weighted by Gasteiger charge is 2.24. The molecule has 1 aromatic carbocycles. The number of anilines is 1. The third-order valence-electron chi connectivity index (χ3n) is 3.67. The highest BCUT2D eigenvalue weighted by Crippen LogP contribution is 2.29. The molecular weight excluding hydrogens is 268 g/mol. The standard InChI is InChI=1S/C16H18N2O3/c1-10-8-18(9-11(2)21-10)15-7-14(16(19)20)17-13-6-4-3-5-12(13)15/h3-7,10-11H,8-9H2,1-2H3,(H,19,20). The highest BCUT2D eigenvalue weighted by atomic mass is 16.5. The van der Waals surface area contributed by atoms with Crippen molar-refractivity contribution in [2.24, 2.45) is 0 Å². The maximum absolute atomic E-state index is 11.3. The van der Waals surface area contributed by atoms with Crippen LogP contribution in [0.15, 0.2) is 30.3 Å². The first-order valence-electron chi connectivity index (χ1n) is 7.08. The van der Waals surface area contributed by atoms with E-state index in [4.69, 9.17) is 4.74 Å². The number of hydrogen-bond acceptors (Lipinski definition) is 4. The number of para-hydroxylation sites is 1. The average Bonchev–Trinajstić information content (AvgIpc) is 2.45. The zero-order valence-electron chi connectivity index (χ0n) is 12.1. The highest BCUT2D eigenvalue weighted by molar-refractivity contribution is 5.97. The average molecular weight is 286 g/mol. The maximum Gasteiger partial charge on any atom is 0.354 e. The lowest BCUT2D eigenvalue weighted by molar-refractivity contribution is -0.00513. The SMILES string of the molecule is CC1CN(c2cc(C(=O)O)nc3ccccc23)CC(C)O1. The molecule has 1 aliphatic rings. The minimum atomic E-state index is -1.00. The van der Waals surface area contributed by atoms with Crippen LogP contribution in [0.5, 0.6) is 0 Å². The van der Waals surface area contributed by atoms with E-state index in [9.17, 15) is 9.90 Å². The Bertz CT molecular complexity index is 676. The van der Waals surface area contributed by atoms with E-state index in [-0.39, 0.29) is 17.9 Å². The van der Waals surface area contributed by atoms with E-state index in [1.54, 1.807) is 6.07 Å². The molecule has 1 fully saturated rings. The number of fused-ring (bicyclic) bond motifs is 1. The molecule has 1 aromatic heterocycles. The van der Waals surface area contributed by atoms with Crippen LogP contribution >= 0.6 is 0 Å². The summed E-state index contributed by atoms with van der Waals surface area (Å²) in [6, 6.07) is 9.30. The molecule has 3 rings (SSSR count). The number of aromatic carboxylic acids is 1. The predicted molar refractivity (Wildman–Crippen MR) is 80.9 cm³/mol. The molecule has 2 aromatic rings. The van der Waals surface area contributed by atoms with Crippen molar-refractivity contribution in [3.05, 3.63) is 36.0 Å². The van der Waals surface area contributed by atoms with Crippen LogP contribution in [0.1, 0.15) is 24.3 Å². The fourth-order valence-electron chi connectivity index (χ4n) is 2.90. The van der Waals surface area contributed by atoms with Crippen molar-refractivity contribution < 1.29 is 14.6 Å². The van der Waals surface area contributed by atoms with Crippen molar-refractivity contribution in [2.45, 2.75) is 26.1 Å². The van der Waals surface area contributed by atoms with E-state index in [0.717, 1.165) is 24.2 Å². The van der Waals surface area contributed by atoms with Crippen LogP contribution in [0.25, 0.3) is 10.9 Å². The lowest BCUT2D eigenvalue weighted by Gasteiger charge is -2.37. The van der Waals surface area contributed by atoms with E-state index in [0.29, 0.717) is 5.52 Å². The van der Waals surface area contributed by atoms with Crippen molar-refractivity contribution >= 4 is 22.6 Å². The Labute approximate surface area is 123 Å². The number of aromatic nitrogens is 1. The van der Waals surface area contributed by atoms with Crippen molar-refractivity contribution in [3.63, 3.8) is 0 Å². The molecule has 0 aliphatic carbocycles. The summed E-state index contributed by atoms with van der Waals surface area (Å²) in [4.78, 5) is 17.7. The first kappa shape index (κ1) is 13.8. The van der Waals surface area contributed by atoms with Gasteiger partial charge in [-0.05, 0) is 26.0 Å². The first-order valence-corrected chi connectivity index (χ1v) is 7.08. The summed E-state index contributed by atoms with van der Waals surface area (Å²) in [6.07, 6.45) is 0.239. The summed E-state index contributed by atoms with van der Waals surface area (Å²) in [5.74, 6) is -1.00. The number of carboxylic acids is 1. The van der Waals surface area contributed by atoms with Gasteiger partial charge in [-0.1, -0.05) is 18.2 Å². The molecule has 2 unspecified atom stereocenters. The van der Waals surface area contributed by atoms with Crippen LogP contribution in [0, 0.1) is 0 Å². The maximum atomic E-state index is 11.3. The largest absolute Gasteiger partial charge is 0.477 e. The molecule has 110 valence electrons. The topological polar surface area (TPSA) is 62.7 Å². The van der Waals surface area contributed by atoms with Crippen LogP contribution < -0.4 is 4.90 Å². The third kappa shape index (κ3) is 2.69. The lowest BCUT2D eigenvalue weighted by Crippen LogP contribution is -2.45. The van der Waals surface area contributed by atoms with Gasteiger partial charge in [-0.25, -0.2) is 9.78 Å². The second-order valence-corrected chi connectivity index (χ2v) is 5.51. The molecule has 2 heterocycles. The molecular formula is C16H18N2O3. The molecule has 1 aliphatic heterocycles. The Morgan fingerprint density at radius 1 is 1.29 bits per heavy atom. The Hall–Kier alpha value is -2.14. The Morgan fingerprint density at radius 3 is 2.62 bits per heavy atom. The smallest absolute Gasteiger partial charge is 0.354 e. The van der Waals surface area contributed by atoms with Crippen LogP contribution in [0.2, 0.25) is 0 Å². The molecule has 0 radical (unpaired) electrons. The predicted octanol–water partition coefficient (Wildman–Crippen LogP) is 2.55. The molecule has 0 saturated carbocycles. The van der Waals surface area contributed by atoms with Gasteiger partial charge in [0.05, 0.1) is 17.7 Å². The first-order chi connectivity index (χ1) is 10.0. The number of hydrogen-bond donors (Lipinski definition) is 1. The monoisotopic (exact) mass is 286 g/mol. The number of benzene rings is 1. The van der Waals surface area contributed by atoms with Gasteiger partial charge in [-0.3, -0.25) is 0 Å². The number of carboxylic acid groups (broad SMARTS) is 1. The van der Waals surface area contributed by atoms with E-state index in [2.05, 4.69) is 9.88 Å². The van der Waals surface area contributed by atoms with Gasteiger partial charge >= 0.3 is 5.97 Å². The number of ether oxygens (including phenoxy) is 1. The second-order valence-electron chi connectivity index (χ2n) is 5.51. The van der Waals surface area contributed by atoms with Gasteiger partial charge in [0, 0.05) is 24.2 Å². The molecule has 1 saturated heterocycles. The molecule has 5 heteroatoms. The van der Waals surface area contributed by atoms with Crippen molar-refractivity contribution in [1.82, 2.24) is 4.98 Å². The third-order valence-corrected chi connectivity index (χ3v) is 3.67. The van der Waals surface area contributed by atoms with Crippen LogP contribution in [-0.2, 0) is 4.74 Å². The molecule has 0 spiro atoms. The summed E-state index contributed by atoms with van der Waals surface area (Å²) in [5.41, 5.74) is 1.70. The zero-order valence-corrected chi connectivity index (χ0v) is 12.1. The summed E-state index contributed by atoms with van der Waals surface area (Å²) in [7, 11) is 0. The fraction of sp³-hybridized carbons (Fsp3) is 0.375. The fourth-order valence-corrected chi connectivity index (χ4v) is 2.90. The van der Waals surface area contributed by atoms with Crippen LogP contribution in [0.4, 0.5) is 5.69 Å². The summed E-state index contributed by atoms with van der Waals surface area (Å²) >= 11 is 0. The van der Waals surface area contributed by atoms with Gasteiger partial charge < -0.3 is 14.7 Å². The number of pyridine rings is 1. The van der Waals surface area contributed by atoms with Gasteiger partial charge in [0.2, 0.25) is 0 Å². The van der Waals surface area contributed by atoms with E-state index < -0.39 is 5.97 Å². The number of carbonyl (C=O) groups is 1. The van der Waals surface area contributed by atoms with Gasteiger partial charge in [0.25, 0.3) is 0 Å². The van der Waals surface area contributed by atoms with Crippen molar-refractivity contribution in [3.8, 4) is 0 Å². The van der Waals surface area contributed by atoms with E-state index in [1.807, 2.05) is 38.1 Å². The Morgan fingerprint density at radius 2 is 1.95 bits per heavy atom. The molecule has 1 N–H and O–H groups in total. The Balaban J connectivity index is 2.13. The van der Waals surface area contributed by atoms with Gasteiger partial charge in [-0.15, -0.1) is 0 Å². The van der Waals surface area contributed by atoms with Gasteiger partial charge in [-0.2, -0.15) is 0 Å². The quantitative estimate of drug-likeness (QED) is 0.919. The summed E-state index contributed by atoms with van der Waals surface area (Å²) in [6.45, 7) is 5.56. The number of rotatable bonds is 2. The molecule has 5 nitrogen and oxygen atoms in total. The molecule has 2 atom stereocenters. The number of nitrogens with zero attached hydrogens (tertiary/aromatic N) is 2. The van der Waals surface area contributed by atoms with Crippen molar-refractivity contribution in [1.29, 1.82) is 0 Å². The van der Waals surface area contributed by atoms with E-state index >= 15 is 0 Å². The summed E-state index contributed by atoms with van der Waals surface area (Å²) in [5, 5.41) is 10.2. The molecule has 21 heavy (non-hydrogen) atoms. The molecule has 0 amide bonds. The Kier molecular flexibility index (Phi) is 3.51. The van der Waals surface area contributed by atoms with Crippen LogP contribution in [0.3, 0.4) is 0 Å². The zero-order chi connectivity index (χ0) is 15.0. The van der Waals surface area contributed by atoms with Gasteiger partial charge in [0.1, 0.15) is 0 Å². The second kappa shape index (κ2) is 5.33. The van der Waals surface area contributed by atoms with E-state index in [1.165, 1.54) is 0 Å². The lowest BCUT2D eigenvalue weighted by atomic mass is 10.1. The van der Waals surface area contributed by atoms with Gasteiger partial charge in [0.15, 0.2) is 5.69 Å². The minimum Gasteiger partial charge on any atom is -0.477 e. The minimum absolute atomic E-state index is 0.0792. The number of morpholine rings is 1.